The fraction of sp³-hybridized carbons (Fsp3) is 0.750. The molecule has 140 valence electrons. The van der Waals surface area contributed by atoms with E-state index in [2.05, 4.69) is 0 Å². The summed E-state index contributed by atoms with van der Waals surface area (Å²) in [5.41, 5.74) is 0. The molecule has 0 bridgehead atoms. The maximum atomic E-state index is 11.6. The number of carboxylic acid groups (broad SMARTS) is 4. The van der Waals surface area contributed by atoms with Crippen LogP contribution in [0, 0.1) is 23.7 Å². The van der Waals surface area contributed by atoms with E-state index < -0.39 is 59.8 Å². The summed E-state index contributed by atoms with van der Waals surface area (Å²) in [6.45, 7) is 0. The van der Waals surface area contributed by atoms with E-state index in [9.17, 15) is 39.6 Å². The van der Waals surface area contributed by atoms with Gasteiger partial charge in [0.05, 0.1) is 35.9 Å². The molecule has 0 aromatic carbocycles. The summed E-state index contributed by atoms with van der Waals surface area (Å²) in [7, 11) is 0. The molecule has 2 rings (SSSR count). The van der Waals surface area contributed by atoms with Crippen molar-refractivity contribution in [1.29, 1.82) is 0 Å². The SMILES string of the molecule is O=C(O)C1CCCC(OC2CCCC(C(=O)O)C2C(=O)O)C1C(=O)O. The molecule has 0 heterocycles. The van der Waals surface area contributed by atoms with Crippen LogP contribution in [0.2, 0.25) is 0 Å². The van der Waals surface area contributed by atoms with Crippen molar-refractivity contribution in [1.82, 2.24) is 0 Å². The minimum absolute atomic E-state index is 0.219. The van der Waals surface area contributed by atoms with Crippen LogP contribution in [0.15, 0.2) is 0 Å². The first-order valence-electron chi connectivity index (χ1n) is 8.30. The predicted octanol–water partition coefficient (Wildman–Crippen LogP) is 0.911. The van der Waals surface area contributed by atoms with Crippen LogP contribution in [-0.4, -0.2) is 56.5 Å². The van der Waals surface area contributed by atoms with Crippen molar-refractivity contribution < 1.29 is 44.3 Å². The van der Waals surface area contributed by atoms with Crippen LogP contribution >= 0.6 is 0 Å². The third kappa shape index (κ3) is 4.09. The van der Waals surface area contributed by atoms with Gasteiger partial charge in [0.1, 0.15) is 0 Å². The van der Waals surface area contributed by atoms with Crippen LogP contribution in [-0.2, 0) is 23.9 Å². The van der Waals surface area contributed by atoms with Gasteiger partial charge >= 0.3 is 23.9 Å². The fourth-order valence-electron chi connectivity index (χ4n) is 4.06. The Labute approximate surface area is 143 Å². The molecule has 0 aromatic rings. The molecule has 0 spiro atoms. The molecule has 0 amide bonds. The van der Waals surface area contributed by atoms with E-state index >= 15 is 0 Å². The van der Waals surface area contributed by atoms with Gasteiger partial charge in [-0.05, 0) is 38.5 Å². The Bertz CT molecular complexity index is 510. The van der Waals surface area contributed by atoms with Crippen LogP contribution in [0.4, 0.5) is 0 Å². The molecule has 9 heteroatoms. The number of carbonyl (C=O) groups is 4. The molecule has 0 saturated heterocycles. The highest BCUT2D eigenvalue weighted by Gasteiger charge is 2.48. The zero-order valence-electron chi connectivity index (χ0n) is 13.5. The Morgan fingerprint density at radius 1 is 0.600 bits per heavy atom. The number of hydrogen-bond acceptors (Lipinski definition) is 5. The van der Waals surface area contributed by atoms with Crippen LogP contribution < -0.4 is 0 Å². The van der Waals surface area contributed by atoms with Crippen molar-refractivity contribution in [2.24, 2.45) is 23.7 Å². The normalized spacial score (nSPS) is 35.7. The Morgan fingerprint density at radius 2 is 0.960 bits per heavy atom. The van der Waals surface area contributed by atoms with Crippen LogP contribution in [0.3, 0.4) is 0 Å². The lowest BCUT2D eigenvalue weighted by atomic mass is 9.75. The van der Waals surface area contributed by atoms with Crippen molar-refractivity contribution in [2.45, 2.75) is 50.7 Å². The maximum absolute atomic E-state index is 11.6. The van der Waals surface area contributed by atoms with E-state index in [0.29, 0.717) is 25.7 Å². The largest absolute Gasteiger partial charge is 0.481 e. The average Bonchev–Trinajstić information content (AvgIpc) is 2.53. The molecule has 9 nitrogen and oxygen atoms in total. The Morgan fingerprint density at radius 3 is 1.24 bits per heavy atom. The molecule has 2 aliphatic rings. The van der Waals surface area contributed by atoms with Crippen LogP contribution in [0.5, 0.6) is 0 Å². The second-order valence-corrected chi connectivity index (χ2v) is 6.69. The zero-order chi connectivity index (χ0) is 18.7. The third-order valence-electron chi connectivity index (χ3n) is 5.23. The smallest absolute Gasteiger partial charge is 0.310 e. The highest BCUT2D eigenvalue weighted by Crippen LogP contribution is 2.38. The number of aliphatic carboxylic acids is 4. The Kier molecular flexibility index (Phi) is 5.99. The molecular formula is C16H22O9. The Balaban J connectivity index is 2.22. The molecule has 6 atom stereocenters. The molecule has 2 aliphatic carbocycles. The minimum atomic E-state index is -1.30. The molecule has 2 saturated carbocycles. The number of carboxylic acids is 4. The van der Waals surface area contributed by atoms with Gasteiger partial charge in [-0.25, -0.2) is 0 Å². The summed E-state index contributed by atoms with van der Waals surface area (Å²) >= 11 is 0. The first-order chi connectivity index (χ1) is 11.7. The van der Waals surface area contributed by atoms with Crippen LogP contribution in [0.25, 0.3) is 0 Å². The van der Waals surface area contributed by atoms with E-state index in [-0.39, 0.29) is 12.8 Å². The van der Waals surface area contributed by atoms with Gasteiger partial charge in [0.15, 0.2) is 0 Å². The standard InChI is InChI=1S/C16H22O9/c17-13(18)7-3-1-5-9(11(7)15(21)22)25-10-6-2-4-8(14(19)20)12(10)16(23)24/h7-12H,1-6H2,(H,17,18)(H,19,20)(H,21,22)(H,23,24). The zero-order valence-corrected chi connectivity index (χ0v) is 13.5. The number of hydrogen-bond donors (Lipinski definition) is 4. The predicted molar refractivity (Wildman–Crippen MR) is 80.9 cm³/mol. The molecule has 0 radical (unpaired) electrons. The Hall–Kier alpha value is -2.16. The summed E-state index contributed by atoms with van der Waals surface area (Å²) in [6.07, 6.45) is 0.0889. The summed E-state index contributed by atoms with van der Waals surface area (Å²) in [5.74, 6) is -9.78. The van der Waals surface area contributed by atoms with Crippen molar-refractivity contribution in [3.8, 4) is 0 Å². The first kappa shape index (κ1) is 19.2. The van der Waals surface area contributed by atoms with Crippen molar-refractivity contribution in [2.75, 3.05) is 0 Å². The van der Waals surface area contributed by atoms with E-state index in [1.54, 1.807) is 0 Å². The minimum Gasteiger partial charge on any atom is -0.481 e. The molecule has 25 heavy (non-hydrogen) atoms. The summed E-state index contributed by atoms with van der Waals surface area (Å²) in [6, 6.07) is 0. The molecule has 2 fully saturated rings. The second-order valence-electron chi connectivity index (χ2n) is 6.69. The van der Waals surface area contributed by atoms with Crippen molar-refractivity contribution in [3.63, 3.8) is 0 Å². The van der Waals surface area contributed by atoms with E-state index in [4.69, 9.17) is 4.74 Å². The molecule has 0 aromatic heterocycles. The van der Waals surface area contributed by atoms with E-state index in [1.807, 2.05) is 0 Å². The molecule has 4 N–H and O–H groups in total. The van der Waals surface area contributed by atoms with Gasteiger partial charge in [0, 0.05) is 0 Å². The highest BCUT2D eigenvalue weighted by atomic mass is 16.5. The second kappa shape index (κ2) is 7.81. The van der Waals surface area contributed by atoms with Gasteiger partial charge in [-0.3, -0.25) is 19.2 Å². The monoisotopic (exact) mass is 358 g/mol. The van der Waals surface area contributed by atoms with Gasteiger partial charge in [-0.1, -0.05) is 0 Å². The topological polar surface area (TPSA) is 158 Å². The van der Waals surface area contributed by atoms with Crippen LogP contribution in [0.1, 0.15) is 38.5 Å². The lowest BCUT2D eigenvalue weighted by Crippen LogP contribution is -2.49. The van der Waals surface area contributed by atoms with Gasteiger partial charge in [-0.2, -0.15) is 0 Å². The molecule has 6 unspecified atom stereocenters. The first-order valence-corrected chi connectivity index (χ1v) is 8.30. The lowest BCUT2D eigenvalue weighted by molar-refractivity contribution is -0.181. The quantitative estimate of drug-likeness (QED) is 0.541. The number of ether oxygens (including phenoxy) is 1. The molecular weight excluding hydrogens is 336 g/mol. The number of rotatable bonds is 6. The van der Waals surface area contributed by atoms with E-state index in [0.717, 1.165) is 0 Å². The van der Waals surface area contributed by atoms with E-state index in [1.165, 1.54) is 0 Å². The fourth-order valence-corrected chi connectivity index (χ4v) is 4.06. The highest BCUT2D eigenvalue weighted by molar-refractivity contribution is 5.81. The van der Waals surface area contributed by atoms with Gasteiger partial charge in [0.25, 0.3) is 0 Å². The summed E-state index contributed by atoms with van der Waals surface area (Å²) in [5, 5.41) is 37.3. The third-order valence-corrected chi connectivity index (χ3v) is 5.23. The average molecular weight is 358 g/mol. The maximum Gasteiger partial charge on any atom is 0.310 e. The summed E-state index contributed by atoms with van der Waals surface area (Å²) in [4.78, 5) is 45.8. The lowest BCUT2D eigenvalue weighted by Gasteiger charge is -2.39. The van der Waals surface area contributed by atoms with Crippen molar-refractivity contribution >= 4 is 23.9 Å². The van der Waals surface area contributed by atoms with Crippen molar-refractivity contribution in [3.05, 3.63) is 0 Å². The summed E-state index contributed by atoms with van der Waals surface area (Å²) < 4.78 is 5.75. The van der Waals surface area contributed by atoms with Gasteiger partial charge < -0.3 is 25.2 Å². The van der Waals surface area contributed by atoms with Gasteiger partial charge in [0.2, 0.25) is 0 Å². The molecule has 0 aliphatic heterocycles. The van der Waals surface area contributed by atoms with Gasteiger partial charge in [-0.15, -0.1) is 0 Å².